The molecule has 2 aliphatic heterocycles. The van der Waals surface area contributed by atoms with Crippen LogP contribution in [-0.2, 0) is 0 Å². The average Bonchev–Trinajstić information content (AvgIpc) is 2.61. The SMILES string of the molecule is CCCCN1CCC[N+]2(CCCC)CCCC(N)C(N)C12. The average molecular weight is 298 g/mol. The second-order valence-corrected chi connectivity index (χ2v) is 7.28. The van der Waals surface area contributed by atoms with Crippen molar-refractivity contribution in [3.05, 3.63) is 0 Å². The first-order valence-electron chi connectivity index (χ1n) is 9.25. The van der Waals surface area contributed by atoms with Crippen molar-refractivity contribution < 1.29 is 4.48 Å². The van der Waals surface area contributed by atoms with Gasteiger partial charge < -0.3 is 16.0 Å². The van der Waals surface area contributed by atoms with E-state index in [9.17, 15) is 0 Å². The van der Waals surface area contributed by atoms with E-state index >= 15 is 0 Å². The topological polar surface area (TPSA) is 55.3 Å². The molecule has 21 heavy (non-hydrogen) atoms. The Morgan fingerprint density at radius 2 is 1.76 bits per heavy atom. The van der Waals surface area contributed by atoms with E-state index in [0.29, 0.717) is 6.17 Å². The van der Waals surface area contributed by atoms with E-state index in [4.69, 9.17) is 11.5 Å². The lowest BCUT2D eigenvalue weighted by atomic mass is 9.99. The van der Waals surface area contributed by atoms with Gasteiger partial charge in [0.25, 0.3) is 0 Å². The van der Waals surface area contributed by atoms with Crippen LogP contribution >= 0.6 is 0 Å². The third-order valence-corrected chi connectivity index (χ3v) is 5.72. The molecule has 0 aromatic carbocycles. The standard InChI is InChI=1S/C17H37N4/c1-3-5-10-20-11-8-14-21(12-6-4-2)13-7-9-15(18)16(19)17(20)21/h15-17H,3-14,18-19H2,1-2H3/q+1. The highest BCUT2D eigenvalue weighted by Gasteiger charge is 2.49. The van der Waals surface area contributed by atoms with Crippen molar-refractivity contribution in [2.24, 2.45) is 11.5 Å². The molecule has 4 nitrogen and oxygen atoms in total. The van der Waals surface area contributed by atoms with Gasteiger partial charge in [-0.15, -0.1) is 0 Å². The maximum atomic E-state index is 6.67. The molecule has 4 N–H and O–H groups in total. The highest BCUT2D eigenvalue weighted by Crippen LogP contribution is 2.31. The molecule has 0 radical (unpaired) electrons. The number of rotatable bonds is 6. The lowest BCUT2D eigenvalue weighted by molar-refractivity contribution is -0.967. The van der Waals surface area contributed by atoms with Crippen LogP contribution in [0.4, 0.5) is 0 Å². The van der Waals surface area contributed by atoms with Crippen LogP contribution in [0.2, 0.25) is 0 Å². The minimum Gasteiger partial charge on any atom is -0.326 e. The molecule has 0 spiro atoms. The van der Waals surface area contributed by atoms with Gasteiger partial charge in [0.15, 0.2) is 6.17 Å². The first-order chi connectivity index (χ1) is 10.1. The molecule has 124 valence electrons. The summed E-state index contributed by atoms with van der Waals surface area (Å²) in [5.74, 6) is 0. The van der Waals surface area contributed by atoms with Crippen molar-refractivity contribution in [2.45, 2.75) is 77.0 Å². The number of nitrogens with two attached hydrogens (primary N) is 2. The molecule has 2 aliphatic rings. The predicted octanol–water partition coefficient (Wildman–Crippen LogP) is 1.88. The number of nitrogens with zero attached hydrogens (tertiary/aromatic N) is 2. The largest absolute Gasteiger partial charge is 0.326 e. The van der Waals surface area contributed by atoms with E-state index in [0.717, 1.165) is 6.42 Å². The molecule has 2 heterocycles. The van der Waals surface area contributed by atoms with Crippen LogP contribution in [0.3, 0.4) is 0 Å². The third-order valence-electron chi connectivity index (χ3n) is 5.72. The monoisotopic (exact) mass is 297 g/mol. The Hall–Kier alpha value is -0.160. The number of fused-ring (bicyclic) bond motifs is 1. The van der Waals surface area contributed by atoms with E-state index in [-0.39, 0.29) is 12.1 Å². The molecule has 0 bridgehead atoms. The molecule has 4 unspecified atom stereocenters. The van der Waals surface area contributed by atoms with Crippen molar-refractivity contribution in [1.29, 1.82) is 0 Å². The molecule has 2 rings (SSSR count). The number of hydrogen-bond donors (Lipinski definition) is 2. The predicted molar refractivity (Wildman–Crippen MR) is 89.8 cm³/mol. The maximum Gasteiger partial charge on any atom is 0.162 e. The van der Waals surface area contributed by atoms with E-state index in [1.807, 2.05) is 0 Å². The molecule has 4 atom stereocenters. The second-order valence-electron chi connectivity index (χ2n) is 7.28. The zero-order chi connectivity index (χ0) is 15.3. The summed E-state index contributed by atoms with van der Waals surface area (Å²) in [5, 5.41) is 0. The maximum absolute atomic E-state index is 6.67. The highest BCUT2D eigenvalue weighted by molar-refractivity contribution is 4.89. The van der Waals surface area contributed by atoms with Gasteiger partial charge in [-0.1, -0.05) is 26.7 Å². The van der Waals surface area contributed by atoms with Gasteiger partial charge in [0.2, 0.25) is 0 Å². The van der Waals surface area contributed by atoms with Crippen LogP contribution in [0.5, 0.6) is 0 Å². The van der Waals surface area contributed by atoms with Crippen molar-refractivity contribution in [2.75, 3.05) is 32.7 Å². The Kier molecular flexibility index (Phi) is 6.48. The smallest absolute Gasteiger partial charge is 0.162 e. The quantitative estimate of drug-likeness (QED) is 0.736. The summed E-state index contributed by atoms with van der Waals surface area (Å²) in [5.41, 5.74) is 13.1. The van der Waals surface area contributed by atoms with Gasteiger partial charge in [-0.2, -0.15) is 0 Å². The minimum atomic E-state index is 0.140. The fourth-order valence-electron chi connectivity index (χ4n) is 4.54. The summed E-state index contributed by atoms with van der Waals surface area (Å²) in [6.45, 7) is 10.9. The van der Waals surface area contributed by atoms with Crippen molar-refractivity contribution in [3.63, 3.8) is 0 Å². The second kappa shape index (κ2) is 7.91. The van der Waals surface area contributed by atoms with Crippen LogP contribution in [-0.4, -0.2) is 60.4 Å². The zero-order valence-corrected chi connectivity index (χ0v) is 14.3. The lowest BCUT2D eigenvalue weighted by Crippen LogP contribution is -2.73. The van der Waals surface area contributed by atoms with E-state index in [2.05, 4.69) is 18.7 Å². The molecule has 0 amide bonds. The van der Waals surface area contributed by atoms with Crippen LogP contribution in [0, 0.1) is 0 Å². The van der Waals surface area contributed by atoms with Crippen LogP contribution in [0.25, 0.3) is 0 Å². The fourth-order valence-corrected chi connectivity index (χ4v) is 4.54. The number of unbranched alkanes of at least 4 members (excludes halogenated alkanes) is 2. The Balaban J connectivity index is 2.22. The molecule has 0 saturated carbocycles. The minimum absolute atomic E-state index is 0.140. The van der Waals surface area contributed by atoms with Gasteiger partial charge in [0, 0.05) is 25.6 Å². The lowest BCUT2D eigenvalue weighted by Gasteiger charge is -2.54. The van der Waals surface area contributed by atoms with Crippen LogP contribution < -0.4 is 11.5 Å². The van der Waals surface area contributed by atoms with Gasteiger partial charge >= 0.3 is 0 Å². The summed E-state index contributed by atoms with van der Waals surface area (Å²) < 4.78 is 1.23. The summed E-state index contributed by atoms with van der Waals surface area (Å²) in [7, 11) is 0. The molecule has 0 aromatic heterocycles. The van der Waals surface area contributed by atoms with Crippen molar-refractivity contribution in [1.82, 2.24) is 4.90 Å². The normalized spacial score (nSPS) is 38.0. The van der Waals surface area contributed by atoms with Gasteiger partial charge in [-0.05, 0) is 25.7 Å². The molecule has 0 aromatic rings. The Morgan fingerprint density at radius 1 is 1.05 bits per heavy atom. The Labute approximate surface area is 131 Å². The first-order valence-corrected chi connectivity index (χ1v) is 9.25. The van der Waals surface area contributed by atoms with Crippen LogP contribution in [0.15, 0.2) is 0 Å². The number of quaternary nitrogens is 1. The fraction of sp³-hybridized carbons (Fsp3) is 1.00. The van der Waals surface area contributed by atoms with Crippen LogP contribution in [0.1, 0.15) is 58.8 Å². The summed E-state index contributed by atoms with van der Waals surface area (Å²) in [6, 6.07) is 0.320. The summed E-state index contributed by atoms with van der Waals surface area (Å²) >= 11 is 0. The highest BCUT2D eigenvalue weighted by atomic mass is 15.5. The first kappa shape index (κ1) is 17.2. The van der Waals surface area contributed by atoms with Gasteiger partial charge in [0.05, 0.1) is 25.7 Å². The third kappa shape index (κ3) is 3.79. The summed E-state index contributed by atoms with van der Waals surface area (Å²) in [6.07, 6.45) is 9.29. The number of hydrogen-bond acceptors (Lipinski definition) is 3. The van der Waals surface area contributed by atoms with Gasteiger partial charge in [-0.3, -0.25) is 4.90 Å². The Morgan fingerprint density at radius 3 is 2.48 bits per heavy atom. The zero-order valence-electron chi connectivity index (χ0n) is 14.3. The summed E-state index contributed by atoms with van der Waals surface area (Å²) in [4.78, 5) is 2.69. The molecular formula is C17H37N4+. The van der Waals surface area contributed by atoms with Gasteiger partial charge in [0.1, 0.15) is 0 Å². The van der Waals surface area contributed by atoms with E-state index in [1.165, 1.54) is 75.7 Å². The Bertz CT molecular complexity index is 305. The molecular weight excluding hydrogens is 260 g/mol. The molecule has 0 aliphatic carbocycles. The van der Waals surface area contributed by atoms with E-state index < -0.39 is 0 Å². The van der Waals surface area contributed by atoms with Crippen molar-refractivity contribution >= 4 is 0 Å². The molecule has 2 saturated heterocycles. The molecule has 4 heteroatoms. The van der Waals surface area contributed by atoms with E-state index in [1.54, 1.807) is 0 Å². The molecule has 2 fully saturated rings. The van der Waals surface area contributed by atoms with Gasteiger partial charge in [-0.25, -0.2) is 0 Å². The van der Waals surface area contributed by atoms with Crippen molar-refractivity contribution in [3.8, 4) is 0 Å².